The summed E-state index contributed by atoms with van der Waals surface area (Å²) in [5.41, 5.74) is 0. The molecule has 1 aliphatic heterocycles. The summed E-state index contributed by atoms with van der Waals surface area (Å²) in [5, 5.41) is 0. The van der Waals surface area contributed by atoms with Gasteiger partial charge in [0, 0.05) is 13.3 Å². The first-order valence-corrected chi connectivity index (χ1v) is 6.98. The van der Waals surface area contributed by atoms with E-state index in [-0.39, 0.29) is 18.0 Å². The quantitative estimate of drug-likeness (QED) is 0.665. The lowest BCUT2D eigenvalue weighted by atomic mass is 10.1. The summed E-state index contributed by atoms with van der Waals surface area (Å²) in [6, 6.07) is 0. The van der Waals surface area contributed by atoms with E-state index in [1.54, 1.807) is 6.92 Å². The average molecular weight is 288 g/mol. The van der Waals surface area contributed by atoms with Crippen molar-refractivity contribution < 1.29 is 28.5 Å². The second-order valence-electron chi connectivity index (χ2n) is 5.21. The molecule has 0 aromatic carbocycles. The van der Waals surface area contributed by atoms with Gasteiger partial charge in [-0.2, -0.15) is 0 Å². The van der Waals surface area contributed by atoms with Crippen molar-refractivity contribution in [2.24, 2.45) is 0 Å². The molecule has 6 heteroatoms. The molecule has 6 nitrogen and oxygen atoms in total. The van der Waals surface area contributed by atoms with Crippen LogP contribution in [0.15, 0.2) is 0 Å². The number of esters is 2. The van der Waals surface area contributed by atoms with Gasteiger partial charge in [0.05, 0.1) is 13.2 Å². The highest BCUT2D eigenvalue weighted by atomic mass is 16.8. The van der Waals surface area contributed by atoms with E-state index in [4.69, 9.17) is 18.9 Å². The van der Waals surface area contributed by atoms with Crippen molar-refractivity contribution in [1.82, 2.24) is 0 Å². The van der Waals surface area contributed by atoms with E-state index in [1.807, 2.05) is 13.8 Å². The maximum Gasteiger partial charge on any atom is 0.305 e. The Morgan fingerprint density at radius 3 is 2.60 bits per heavy atom. The van der Waals surface area contributed by atoms with Crippen molar-refractivity contribution in [3.63, 3.8) is 0 Å². The van der Waals surface area contributed by atoms with Gasteiger partial charge in [-0.15, -0.1) is 0 Å². The van der Waals surface area contributed by atoms with Crippen LogP contribution in [0.1, 0.15) is 47.0 Å². The number of rotatable bonds is 7. The Labute approximate surface area is 119 Å². The molecule has 0 spiro atoms. The monoisotopic (exact) mass is 288 g/mol. The smallest absolute Gasteiger partial charge is 0.305 e. The van der Waals surface area contributed by atoms with Crippen LogP contribution in [0.4, 0.5) is 0 Å². The van der Waals surface area contributed by atoms with Gasteiger partial charge in [-0.05, 0) is 33.6 Å². The molecule has 0 amide bonds. The molecule has 2 atom stereocenters. The van der Waals surface area contributed by atoms with Crippen LogP contribution >= 0.6 is 0 Å². The zero-order valence-corrected chi connectivity index (χ0v) is 12.6. The molecule has 1 unspecified atom stereocenters. The zero-order valence-electron chi connectivity index (χ0n) is 12.6. The van der Waals surface area contributed by atoms with Crippen LogP contribution in [0.25, 0.3) is 0 Å². The predicted molar refractivity (Wildman–Crippen MR) is 70.9 cm³/mol. The SMILES string of the molecule is CCOC(=O)CCC[C@H](OC(C)=O)C1COC(C)(C)O1. The van der Waals surface area contributed by atoms with Crippen molar-refractivity contribution in [1.29, 1.82) is 0 Å². The Kier molecular flexibility index (Phi) is 6.42. The molecule has 1 saturated heterocycles. The van der Waals surface area contributed by atoms with Crippen molar-refractivity contribution in [2.45, 2.75) is 65.0 Å². The molecule has 0 aliphatic carbocycles. The van der Waals surface area contributed by atoms with Crippen LogP contribution in [-0.4, -0.2) is 43.1 Å². The minimum atomic E-state index is -0.662. The van der Waals surface area contributed by atoms with E-state index in [0.717, 1.165) is 0 Å². The van der Waals surface area contributed by atoms with Crippen molar-refractivity contribution in [2.75, 3.05) is 13.2 Å². The molecule has 0 radical (unpaired) electrons. The number of hydrogen-bond donors (Lipinski definition) is 0. The van der Waals surface area contributed by atoms with Crippen LogP contribution in [-0.2, 0) is 28.5 Å². The lowest BCUT2D eigenvalue weighted by Gasteiger charge is -2.23. The summed E-state index contributed by atoms with van der Waals surface area (Å²) in [5.74, 6) is -1.26. The largest absolute Gasteiger partial charge is 0.466 e. The lowest BCUT2D eigenvalue weighted by Crippen LogP contribution is -2.34. The Morgan fingerprint density at radius 2 is 2.10 bits per heavy atom. The van der Waals surface area contributed by atoms with Gasteiger partial charge in [-0.3, -0.25) is 9.59 Å². The van der Waals surface area contributed by atoms with E-state index in [1.165, 1.54) is 6.92 Å². The van der Waals surface area contributed by atoms with Gasteiger partial charge in [-0.25, -0.2) is 0 Å². The molecule has 1 heterocycles. The summed E-state index contributed by atoms with van der Waals surface area (Å²) in [4.78, 5) is 22.4. The minimum Gasteiger partial charge on any atom is -0.466 e. The van der Waals surface area contributed by atoms with Gasteiger partial charge in [0.1, 0.15) is 12.2 Å². The fourth-order valence-corrected chi connectivity index (χ4v) is 2.11. The first kappa shape index (κ1) is 16.9. The highest BCUT2D eigenvalue weighted by molar-refractivity contribution is 5.69. The number of ether oxygens (including phenoxy) is 4. The Hall–Kier alpha value is -1.14. The molecule has 1 rings (SSSR count). The highest BCUT2D eigenvalue weighted by Gasteiger charge is 2.38. The summed E-state index contributed by atoms with van der Waals surface area (Å²) in [7, 11) is 0. The second-order valence-corrected chi connectivity index (χ2v) is 5.21. The van der Waals surface area contributed by atoms with E-state index in [2.05, 4.69) is 0 Å². The summed E-state index contributed by atoms with van der Waals surface area (Å²) in [6.07, 6.45) is 0.738. The molecule has 1 aliphatic rings. The molecule has 20 heavy (non-hydrogen) atoms. The second kappa shape index (κ2) is 7.59. The van der Waals surface area contributed by atoms with E-state index < -0.39 is 11.9 Å². The average Bonchev–Trinajstić information content (AvgIpc) is 2.68. The molecular weight excluding hydrogens is 264 g/mol. The first-order valence-electron chi connectivity index (χ1n) is 6.98. The summed E-state index contributed by atoms with van der Waals surface area (Å²) >= 11 is 0. The topological polar surface area (TPSA) is 71.1 Å². The molecule has 0 aromatic heterocycles. The molecule has 0 saturated carbocycles. The highest BCUT2D eigenvalue weighted by Crippen LogP contribution is 2.27. The molecule has 0 aromatic rings. The Balaban J connectivity index is 2.44. The molecule has 1 fully saturated rings. The maximum atomic E-state index is 11.3. The molecule has 0 N–H and O–H groups in total. The number of carbonyl (C=O) groups is 2. The van der Waals surface area contributed by atoms with Gasteiger partial charge < -0.3 is 18.9 Å². The summed E-state index contributed by atoms with van der Waals surface area (Å²) < 4.78 is 21.3. The molecular formula is C14H24O6. The van der Waals surface area contributed by atoms with Crippen LogP contribution in [0.5, 0.6) is 0 Å². The molecule has 0 bridgehead atoms. The number of carbonyl (C=O) groups excluding carboxylic acids is 2. The number of hydrogen-bond acceptors (Lipinski definition) is 6. The lowest BCUT2D eigenvalue weighted by molar-refractivity contribution is -0.169. The Bertz CT molecular complexity index is 339. The Morgan fingerprint density at radius 1 is 1.40 bits per heavy atom. The van der Waals surface area contributed by atoms with E-state index in [0.29, 0.717) is 32.5 Å². The van der Waals surface area contributed by atoms with Crippen LogP contribution < -0.4 is 0 Å². The van der Waals surface area contributed by atoms with E-state index in [9.17, 15) is 9.59 Å². The molecule has 116 valence electrons. The minimum absolute atomic E-state index is 0.238. The zero-order chi connectivity index (χ0) is 15.2. The van der Waals surface area contributed by atoms with Crippen molar-refractivity contribution in [3.8, 4) is 0 Å². The van der Waals surface area contributed by atoms with Crippen LogP contribution in [0.2, 0.25) is 0 Å². The third-order valence-electron chi connectivity index (χ3n) is 2.94. The third kappa shape index (κ3) is 5.88. The van der Waals surface area contributed by atoms with Gasteiger partial charge in [-0.1, -0.05) is 0 Å². The van der Waals surface area contributed by atoms with Gasteiger partial charge in [0.15, 0.2) is 5.79 Å². The van der Waals surface area contributed by atoms with Crippen LogP contribution in [0, 0.1) is 0 Å². The van der Waals surface area contributed by atoms with Crippen LogP contribution in [0.3, 0.4) is 0 Å². The third-order valence-corrected chi connectivity index (χ3v) is 2.94. The normalized spacial score (nSPS) is 22.3. The van der Waals surface area contributed by atoms with Gasteiger partial charge >= 0.3 is 11.9 Å². The maximum absolute atomic E-state index is 11.3. The van der Waals surface area contributed by atoms with E-state index >= 15 is 0 Å². The first-order chi connectivity index (χ1) is 9.34. The van der Waals surface area contributed by atoms with Gasteiger partial charge in [0.2, 0.25) is 0 Å². The predicted octanol–water partition coefficient (Wildman–Crippen LogP) is 1.80. The fourth-order valence-electron chi connectivity index (χ4n) is 2.11. The van der Waals surface area contributed by atoms with Gasteiger partial charge in [0.25, 0.3) is 0 Å². The fraction of sp³-hybridized carbons (Fsp3) is 0.857. The van der Waals surface area contributed by atoms with Crippen molar-refractivity contribution in [3.05, 3.63) is 0 Å². The standard InChI is InChI=1S/C14H24O6/c1-5-17-13(16)8-6-7-11(19-10(2)15)12-9-18-14(3,4)20-12/h11-12H,5-9H2,1-4H3/t11-,12?/m0/s1. The summed E-state index contributed by atoms with van der Waals surface area (Å²) in [6.45, 7) is 7.52. The van der Waals surface area contributed by atoms with Crippen molar-refractivity contribution >= 4 is 11.9 Å².